The van der Waals surface area contributed by atoms with Gasteiger partial charge < -0.3 is 11.1 Å². The third kappa shape index (κ3) is 5.26. The smallest absolute Gasteiger partial charge is 0.345 e. The number of rotatable bonds is 7. The van der Waals surface area contributed by atoms with E-state index in [1.165, 1.54) is 12.3 Å². The number of nitrogens with two attached hydrogens (primary N) is 1. The quantitative estimate of drug-likeness (QED) is 0.514. The summed E-state index contributed by atoms with van der Waals surface area (Å²) in [5.74, 6) is -0.448. The largest absolute Gasteiger partial charge is 0.416 e. The van der Waals surface area contributed by atoms with E-state index in [1.54, 1.807) is 35.0 Å². The Hall–Kier alpha value is -2.84. The fourth-order valence-corrected chi connectivity index (χ4v) is 3.47. The average molecular weight is 451 g/mol. The van der Waals surface area contributed by atoms with E-state index < -0.39 is 23.7 Å². The van der Waals surface area contributed by atoms with Gasteiger partial charge in [0.2, 0.25) is 0 Å². The average Bonchev–Trinajstić information content (AvgIpc) is 3.17. The van der Waals surface area contributed by atoms with E-state index >= 15 is 0 Å². The van der Waals surface area contributed by atoms with Crippen LogP contribution >= 0.6 is 11.6 Å². The summed E-state index contributed by atoms with van der Waals surface area (Å²) in [4.78, 5) is 13.0. The van der Waals surface area contributed by atoms with E-state index in [-0.39, 0.29) is 12.1 Å². The van der Waals surface area contributed by atoms with Gasteiger partial charge in [-0.05, 0) is 48.4 Å². The molecule has 31 heavy (non-hydrogen) atoms. The lowest BCUT2D eigenvalue weighted by Crippen LogP contribution is -2.29. The van der Waals surface area contributed by atoms with Gasteiger partial charge in [-0.15, -0.1) is 0 Å². The molecule has 1 aromatic heterocycles. The Kier molecular flexibility index (Phi) is 7.02. The van der Waals surface area contributed by atoms with Crippen LogP contribution in [0.15, 0.2) is 54.7 Å². The molecule has 2 aromatic carbocycles. The van der Waals surface area contributed by atoms with E-state index in [4.69, 9.17) is 17.3 Å². The van der Waals surface area contributed by atoms with E-state index in [1.807, 2.05) is 6.92 Å². The summed E-state index contributed by atoms with van der Waals surface area (Å²) in [6.45, 7) is 1.95. The number of benzene rings is 2. The van der Waals surface area contributed by atoms with Gasteiger partial charge in [-0.1, -0.05) is 37.1 Å². The first kappa shape index (κ1) is 22.8. The molecule has 3 aromatic rings. The minimum atomic E-state index is -4.46. The summed E-state index contributed by atoms with van der Waals surface area (Å²) >= 11 is 5.92. The molecular weight excluding hydrogens is 429 g/mol. The van der Waals surface area contributed by atoms with E-state index in [0.717, 1.165) is 12.1 Å². The second kappa shape index (κ2) is 9.53. The second-order valence-corrected chi connectivity index (χ2v) is 7.47. The lowest BCUT2D eigenvalue weighted by atomic mass is 9.99. The van der Waals surface area contributed by atoms with Crippen LogP contribution in [0.2, 0.25) is 5.02 Å². The summed E-state index contributed by atoms with van der Waals surface area (Å²) in [5, 5.41) is 7.67. The highest BCUT2D eigenvalue weighted by molar-refractivity contribution is 6.30. The lowest BCUT2D eigenvalue weighted by molar-refractivity contribution is -0.137. The summed E-state index contributed by atoms with van der Waals surface area (Å²) in [5.41, 5.74) is 6.96. The molecule has 5 nitrogen and oxygen atoms in total. The normalized spacial score (nSPS) is 12.6. The third-order valence-electron chi connectivity index (χ3n) is 4.88. The molecule has 1 atom stereocenters. The van der Waals surface area contributed by atoms with E-state index in [0.29, 0.717) is 34.8 Å². The number of hydrogen-bond acceptors (Lipinski definition) is 3. The highest BCUT2D eigenvalue weighted by atomic mass is 35.5. The standard InChI is InChI=1S/C22H22ClF3N4O/c1-2-4-19(14-5-3-6-15(11-14)22(24,25)26)29-21(31)18-13-28-30(20(18)12-27)17-9-7-16(23)8-10-17/h3,5-11,13,19H,2,4,12,27H2,1H3,(H,29,31)/t19-/m0/s1. The zero-order chi connectivity index (χ0) is 22.6. The molecular formula is C22H22ClF3N4O. The number of carbonyl (C=O) groups excluding carboxylic acids is 1. The van der Waals surface area contributed by atoms with Crippen molar-refractivity contribution in [2.75, 3.05) is 0 Å². The Morgan fingerprint density at radius 3 is 2.55 bits per heavy atom. The van der Waals surface area contributed by atoms with Crippen molar-refractivity contribution in [2.24, 2.45) is 5.73 Å². The van der Waals surface area contributed by atoms with Gasteiger partial charge in [0, 0.05) is 11.6 Å². The zero-order valence-electron chi connectivity index (χ0n) is 16.8. The van der Waals surface area contributed by atoms with Gasteiger partial charge in [0.05, 0.1) is 34.7 Å². The summed E-state index contributed by atoms with van der Waals surface area (Å²) < 4.78 is 40.9. The first-order chi connectivity index (χ1) is 14.7. The molecule has 0 aliphatic carbocycles. The molecule has 0 saturated heterocycles. The van der Waals surface area contributed by atoms with Gasteiger partial charge in [-0.25, -0.2) is 4.68 Å². The summed E-state index contributed by atoms with van der Waals surface area (Å²) in [6.07, 6.45) is -1.89. The monoisotopic (exact) mass is 450 g/mol. The Labute approximate surface area is 183 Å². The van der Waals surface area contributed by atoms with Gasteiger partial charge in [0.25, 0.3) is 5.91 Å². The van der Waals surface area contributed by atoms with Crippen molar-refractivity contribution in [3.05, 3.63) is 82.1 Å². The maximum absolute atomic E-state index is 13.1. The van der Waals surface area contributed by atoms with Gasteiger partial charge in [-0.2, -0.15) is 18.3 Å². The maximum Gasteiger partial charge on any atom is 0.416 e. The van der Waals surface area contributed by atoms with E-state index in [2.05, 4.69) is 10.4 Å². The molecule has 0 aliphatic heterocycles. The molecule has 0 aliphatic rings. The first-order valence-electron chi connectivity index (χ1n) is 9.75. The Bertz CT molecular complexity index is 1050. The Balaban J connectivity index is 1.89. The van der Waals surface area contributed by atoms with Crippen molar-refractivity contribution in [1.29, 1.82) is 0 Å². The van der Waals surface area contributed by atoms with Crippen LogP contribution in [0.25, 0.3) is 5.69 Å². The van der Waals surface area contributed by atoms with Crippen molar-refractivity contribution >= 4 is 17.5 Å². The number of amides is 1. The Morgan fingerprint density at radius 2 is 1.94 bits per heavy atom. The zero-order valence-corrected chi connectivity index (χ0v) is 17.5. The van der Waals surface area contributed by atoms with Crippen LogP contribution in [-0.4, -0.2) is 15.7 Å². The number of carbonyl (C=O) groups is 1. The number of halogens is 4. The van der Waals surface area contributed by atoms with Crippen LogP contribution in [0.4, 0.5) is 13.2 Å². The van der Waals surface area contributed by atoms with Crippen molar-refractivity contribution in [1.82, 2.24) is 15.1 Å². The van der Waals surface area contributed by atoms with Gasteiger partial charge in [0.15, 0.2) is 0 Å². The van der Waals surface area contributed by atoms with Crippen LogP contribution in [-0.2, 0) is 12.7 Å². The van der Waals surface area contributed by atoms with Crippen LogP contribution in [0.3, 0.4) is 0 Å². The van der Waals surface area contributed by atoms with Gasteiger partial charge >= 0.3 is 6.18 Å². The van der Waals surface area contributed by atoms with Crippen LogP contribution in [0, 0.1) is 0 Å². The van der Waals surface area contributed by atoms with Gasteiger partial charge in [-0.3, -0.25) is 4.79 Å². The van der Waals surface area contributed by atoms with Crippen molar-refractivity contribution in [3.63, 3.8) is 0 Å². The fourth-order valence-electron chi connectivity index (χ4n) is 3.34. The minimum Gasteiger partial charge on any atom is -0.345 e. The van der Waals surface area contributed by atoms with Crippen LogP contribution in [0.5, 0.6) is 0 Å². The molecule has 0 unspecified atom stereocenters. The molecule has 3 rings (SSSR count). The number of hydrogen-bond donors (Lipinski definition) is 2. The predicted octanol–water partition coefficient (Wildman–Crippen LogP) is 5.27. The molecule has 0 spiro atoms. The number of nitrogens with zero attached hydrogens (tertiary/aromatic N) is 2. The van der Waals surface area contributed by atoms with Crippen LogP contribution < -0.4 is 11.1 Å². The number of alkyl halides is 3. The highest BCUT2D eigenvalue weighted by Gasteiger charge is 2.31. The molecule has 0 bridgehead atoms. The molecule has 0 fully saturated rings. The summed E-state index contributed by atoms with van der Waals surface area (Å²) in [6, 6.07) is 11.3. The predicted molar refractivity (Wildman–Crippen MR) is 113 cm³/mol. The van der Waals surface area contributed by atoms with Crippen molar-refractivity contribution in [3.8, 4) is 5.69 Å². The molecule has 0 saturated carbocycles. The first-order valence-corrected chi connectivity index (χ1v) is 10.1. The topological polar surface area (TPSA) is 72.9 Å². The molecule has 1 amide bonds. The van der Waals surface area contributed by atoms with E-state index in [9.17, 15) is 18.0 Å². The SMILES string of the molecule is CCC[C@H](NC(=O)c1cnn(-c2ccc(Cl)cc2)c1CN)c1cccc(C(F)(F)F)c1. The van der Waals surface area contributed by atoms with Crippen LogP contribution in [0.1, 0.15) is 53.0 Å². The molecule has 3 N–H and O–H groups in total. The molecule has 0 radical (unpaired) electrons. The fraction of sp³-hybridized carbons (Fsp3) is 0.273. The highest BCUT2D eigenvalue weighted by Crippen LogP contribution is 2.31. The molecule has 9 heteroatoms. The minimum absolute atomic E-state index is 0.0490. The summed E-state index contributed by atoms with van der Waals surface area (Å²) in [7, 11) is 0. The van der Waals surface area contributed by atoms with Crippen molar-refractivity contribution < 1.29 is 18.0 Å². The lowest BCUT2D eigenvalue weighted by Gasteiger charge is -2.20. The number of nitrogens with one attached hydrogen (secondary N) is 1. The third-order valence-corrected chi connectivity index (χ3v) is 5.13. The maximum atomic E-state index is 13.1. The Morgan fingerprint density at radius 1 is 1.23 bits per heavy atom. The van der Waals surface area contributed by atoms with Gasteiger partial charge in [0.1, 0.15) is 0 Å². The second-order valence-electron chi connectivity index (χ2n) is 7.04. The number of aromatic nitrogens is 2. The molecule has 1 heterocycles. The van der Waals surface area contributed by atoms with Crippen molar-refractivity contribution in [2.45, 2.75) is 38.5 Å². The molecule has 164 valence electrons.